The van der Waals surface area contributed by atoms with Crippen LogP contribution < -0.4 is 16.6 Å². The minimum atomic E-state index is -0.488. The van der Waals surface area contributed by atoms with Crippen molar-refractivity contribution in [1.82, 2.24) is 30.0 Å². The van der Waals surface area contributed by atoms with Gasteiger partial charge in [-0.15, -0.1) is 0 Å². The summed E-state index contributed by atoms with van der Waals surface area (Å²) in [4.78, 5) is 51.0. The fourth-order valence-electron chi connectivity index (χ4n) is 5.42. The van der Waals surface area contributed by atoms with Crippen LogP contribution in [0.1, 0.15) is 29.0 Å². The van der Waals surface area contributed by atoms with Gasteiger partial charge in [0.1, 0.15) is 5.69 Å². The largest absolute Gasteiger partial charge is 0.483 e. The predicted octanol–water partition coefficient (Wildman–Crippen LogP) is -1.09. The first-order valence-corrected chi connectivity index (χ1v) is 10.4. The molecule has 12 heteroatoms. The number of carbonyl (C=O) groups excluding carboxylic acids is 1. The zero-order valence-corrected chi connectivity index (χ0v) is 17.6. The van der Waals surface area contributed by atoms with Gasteiger partial charge in [-0.05, 0) is 18.9 Å². The van der Waals surface area contributed by atoms with Crippen LogP contribution in [0.2, 0.25) is 0 Å². The summed E-state index contributed by atoms with van der Waals surface area (Å²) in [5.74, 6) is 0.448. The second-order valence-electron chi connectivity index (χ2n) is 8.47. The number of hydrogen-bond donors (Lipinski definition) is 4. The molecule has 5 heterocycles. The summed E-state index contributed by atoms with van der Waals surface area (Å²) >= 11 is 0. The number of nitrogens with zero attached hydrogens (tertiary/aromatic N) is 3. The SMILES string of the molecule is Cn1nccc1C(=O)NC[C@H]1[C@H]2CN(Cc3cc(=O)[nH]c(=O)[nH]3)C[C@]23CC[C@H]1O3.O=CO. The molecule has 3 saturated heterocycles. The molecule has 0 radical (unpaired) electrons. The first kappa shape index (κ1) is 22.0. The van der Waals surface area contributed by atoms with Gasteiger partial charge in [0, 0.05) is 63.0 Å². The Bertz CT molecular complexity index is 1080. The zero-order valence-electron chi connectivity index (χ0n) is 17.6. The van der Waals surface area contributed by atoms with Crippen LogP contribution >= 0.6 is 0 Å². The van der Waals surface area contributed by atoms with Crippen molar-refractivity contribution in [2.75, 3.05) is 19.6 Å². The molecule has 172 valence electrons. The number of H-pyrrole nitrogens is 2. The average molecular weight is 446 g/mol. The lowest BCUT2D eigenvalue weighted by molar-refractivity contribution is -0.122. The molecule has 3 aliphatic heterocycles. The van der Waals surface area contributed by atoms with Gasteiger partial charge in [0.05, 0.1) is 11.7 Å². The van der Waals surface area contributed by atoms with Crippen molar-refractivity contribution in [2.45, 2.75) is 31.1 Å². The minimum Gasteiger partial charge on any atom is -0.483 e. The summed E-state index contributed by atoms with van der Waals surface area (Å²) in [6.45, 7) is 2.41. The first-order valence-electron chi connectivity index (χ1n) is 10.4. The van der Waals surface area contributed by atoms with E-state index in [0.717, 1.165) is 25.9 Å². The number of likely N-dealkylation sites (tertiary alicyclic amines) is 1. The number of fused-ring (bicyclic) bond motifs is 1. The van der Waals surface area contributed by atoms with Crippen LogP contribution in [0.3, 0.4) is 0 Å². The molecule has 2 bridgehead atoms. The molecule has 1 amide bonds. The normalized spacial score (nSPS) is 28.1. The Balaban J connectivity index is 0.000000775. The van der Waals surface area contributed by atoms with Crippen LogP contribution in [-0.4, -0.2) is 73.5 Å². The van der Waals surface area contributed by atoms with Gasteiger partial charge in [0.25, 0.3) is 17.9 Å². The van der Waals surface area contributed by atoms with E-state index in [1.807, 2.05) is 0 Å². The van der Waals surface area contributed by atoms with Crippen LogP contribution in [-0.2, 0) is 23.1 Å². The quantitative estimate of drug-likeness (QED) is 0.421. The standard InChI is InChI=1S/C19H24N6O4.CH2O2/c1-24-14(3-5-21-24)17(27)20-7-12-13-9-25(10-19(13)4-2-15(12)29-19)8-11-6-16(26)23-18(28)22-11;2-1-3/h3,5-6,12-13,15H,2,4,7-10H2,1H3,(H,20,27)(H2,22,23,26,28);1H,(H,2,3)/t12-,13+,15+,19+;/m0./s1. The zero-order chi connectivity index (χ0) is 22.9. The van der Waals surface area contributed by atoms with Gasteiger partial charge in [-0.1, -0.05) is 0 Å². The number of amides is 1. The fraction of sp³-hybridized carbons (Fsp3) is 0.550. The third-order valence-corrected chi connectivity index (χ3v) is 6.62. The Morgan fingerprint density at radius 1 is 1.44 bits per heavy atom. The number of ether oxygens (including phenoxy) is 1. The molecule has 1 spiro atoms. The number of carbonyl (C=O) groups is 2. The van der Waals surface area contributed by atoms with Crippen LogP contribution in [0.25, 0.3) is 0 Å². The van der Waals surface area contributed by atoms with Crippen molar-refractivity contribution < 1.29 is 19.4 Å². The van der Waals surface area contributed by atoms with Crippen molar-refractivity contribution in [3.05, 3.63) is 50.6 Å². The average Bonchev–Trinajstić information content (AvgIpc) is 3.46. The van der Waals surface area contributed by atoms with Crippen molar-refractivity contribution in [3.63, 3.8) is 0 Å². The minimum absolute atomic E-state index is 0.127. The summed E-state index contributed by atoms with van der Waals surface area (Å²) in [5.41, 5.74) is 0.0710. The fourth-order valence-corrected chi connectivity index (χ4v) is 5.42. The molecular formula is C20H26N6O6. The molecule has 32 heavy (non-hydrogen) atoms. The highest BCUT2D eigenvalue weighted by Crippen LogP contribution is 2.54. The molecule has 3 aliphatic rings. The smallest absolute Gasteiger partial charge is 0.325 e. The second-order valence-corrected chi connectivity index (χ2v) is 8.47. The molecule has 5 rings (SSSR count). The molecule has 0 saturated carbocycles. The van der Waals surface area contributed by atoms with Crippen molar-refractivity contribution >= 4 is 12.4 Å². The Kier molecular flexibility index (Phi) is 5.98. The predicted molar refractivity (Wildman–Crippen MR) is 111 cm³/mol. The molecule has 3 fully saturated rings. The highest BCUT2D eigenvalue weighted by atomic mass is 16.5. The summed E-state index contributed by atoms with van der Waals surface area (Å²) < 4.78 is 7.97. The molecule has 2 aromatic rings. The molecular weight excluding hydrogens is 420 g/mol. The van der Waals surface area contributed by atoms with Gasteiger partial charge in [-0.2, -0.15) is 5.10 Å². The van der Waals surface area contributed by atoms with Crippen LogP contribution in [0.4, 0.5) is 0 Å². The van der Waals surface area contributed by atoms with E-state index in [9.17, 15) is 14.4 Å². The second kappa shape index (κ2) is 8.71. The highest BCUT2D eigenvalue weighted by molar-refractivity contribution is 5.92. The molecule has 4 atom stereocenters. The van der Waals surface area contributed by atoms with Crippen molar-refractivity contribution in [2.24, 2.45) is 18.9 Å². The Labute approximate surface area is 182 Å². The van der Waals surface area contributed by atoms with Crippen LogP contribution in [0.15, 0.2) is 27.9 Å². The van der Waals surface area contributed by atoms with E-state index in [1.54, 1.807) is 24.0 Å². The molecule has 0 aromatic carbocycles. The number of aromatic amines is 2. The summed E-state index contributed by atoms with van der Waals surface area (Å²) in [7, 11) is 1.75. The molecule has 0 unspecified atom stereocenters. The van der Waals surface area contributed by atoms with Gasteiger partial charge in [-0.3, -0.25) is 28.9 Å². The van der Waals surface area contributed by atoms with E-state index < -0.39 is 11.2 Å². The van der Waals surface area contributed by atoms with Gasteiger partial charge < -0.3 is 20.1 Å². The summed E-state index contributed by atoms with van der Waals surface area (Å²) in [6, 6.07) is 3.13. The maximum Gasteiger partial charge on any atom is 0.325 e. The number of hydrogen-bond acceptors (Lipinski definition) is 7. The number of aromatic nitrogens is 4. The number of carboxylic acid groups (broad SMARTS) is 1. The van der Waals surface area contributed by atoms with E-state index in [-0.39, 0.29) is 30.0 Å². The molecule has 12 nitrogen and oxygen atoms in total. The van der Waals surface area contributed by atoms with Gasteiger partial charge in [0.15, 0.2) is 0 Å². The maximum absolute atomic E-state index is 12.5. The van der Waals surface area contributed by atoms with Gasteiger partial charge in [-0.25, -0.2) is 4.79 Å². The molecule has 4 N–H and O–H groups in total. The number of rotatable bonds is 5. The van der Waals surface area contributed by atoms with Gasteiger partial charge in [0.2, 0.25) is 0 Å². The van der Waals surface area contributed by atoms with Crippen molar-refractivity contribution in [1.29, 1.82) is 0 Å². The Hall–Kier alpha value is -3.25. The lowest BCUT2D eigenvalue weighted by Crippen LogP contribution is -2.42. The topological polar surface area (TPSA) is 162 Å². The number of nitrogens with one attached hydrogen (secondary N) is 3. The summed E-state index contributed by atoms with van der Waals surface area (Å²) in [5, 5.41) is 14.0. The lowest BCUT2D eigenvalue weighted by Gasteiger charge is -2.29. The van der Waals surface area contributed by atoms with Crippen molar-refractivity contribution in [3.8, 4) is 0 Å². The van der Waals surface area contributed by atoms with E-state index in [2.05, 4.69) is 25.3 Å². The molecule has 2 aromatic heterocycles. The van der Waals surface area contributed by atoms with E-state index in [1.165, 1.54) is 6.07 Å². The third-order valence-electron chi connectivity index (χ3n) is 6.62. The number of aryl methyl sites for hydroxylation is 1. The highest BCUT2D eigenvalue weighted by Gasteiger charge is 2.62. The third kappa shape index (κ3) is 4.10. The van der Waals surface area contributed by atoms with E-state index in [0.29, 0.717) is 30.4 Å². The van der Waals surface area contributed by atoms with Crippen LogP contribution in [0, 0.1) is 11.8 Å². The Morgan fingerprint density at radius 2 is 2.22 bits per heavy atom. The van der Waals surface area contributed by atoms with Gasteiger partial charge >= 0.3 is 5.69 Å². The lowest BCUT2D eigenvalue weighted by atomic mass is 9.73. The van der Waals surface area contributed by atoms with Crippen LogP contribution in [0.5, 0.6) is 0 Å². The first-order chi connectivity index (χ1) is 15.3. The maximum atomic E-state index is 12.5. The summed E-state index contributed by atoms with van der Waals surface area (Å²) in [6.07, 6.45) is 3.79. The van der Waals surface area contributed by atoms with E-state index >= 15 is 0 Å². The monoisotopic (exact) mass is 446 g/mol. The van der Waals surface area contributed by atoms with E-state index in [4.69, 9.17) is 14.6 Å². The molecule has 0 aliphatic carbocycles. The Morgan fingerprint density at radius 3 is 2.91 bits per heavy atom.